The lowest BCUT2D eigenvalue weighted by atomic mass is 9.99. The van der Waals surface area contributed by atoms with Crippen molar-refractivity contribution in [2.24, 2.45) is 0 Å². The first-order valence-electron chi connectivity index (χ1n) is 6.68. The maximum absolute atomic E-state index is 5.71. The summed E-state index contributed by atoms with van der Waals surface area (Å²) in [5.74, 6) is 0.374. The Morgan fingerprint density at radius 3 is 3.11 bits per heavy atom. The maximum Gasteiger partial charge on any atom is 0.220 e. The van der Waals surface area contributed by atoms with Crippen molar-refractivity contribution in [2.45, 2.75) is 31.8 Å². The molecule has 1 atom stereocenters. The summed E-state index contributed by atoms with van der Waals surface area (Å²) in [6.07, 6.45) is 5.44. The van der Waals surface area contributed by atoms with Gasteiger partial charge in [-0.2, -0.15) is 0 Å². The van der Waals surface area contributed by atoms with E-state index in [4.69, 9.17) is 5.73 Å². The summed E-state index contributed by atoms with van der Waals surface area (Å²) >= 11 is 1.82. The molecule has 0 spiro atoms. The first kappa shape index (κ1) is 12.6. The molecule has 1 aliphatic rings. The molecule has 3 rings (SSSR count). The number of likely N-dealkylation sites (tertiary alicyclic amines) is 1. The Morgan fingerprint density at radius 2 is 2.32 bits per heavy atom. The van der Waals surface area contributed by atoms with Gasteiger partial charge < -0.3 is 5.73 Å². The molecule has 2 aromatic heterocycles. The minimum Gasteiger partial charge on any atom is -0.368 e. The van der Waals surface area contributed by atoms with E-state index in [0.29, 0.717) is 12.0 Å². The Balaban J connectivity index is 1.80. The normalized spacial score (nSPS) is 20.5. The van der Waals surface area contributed by atoms with Gasteiger partial charge in [-0.3, -0.25) is 4.90 Å². The third-order valence-corrected chi connectivity index (χ3v) is 4.45. The fourth-order valence-electron chi connectivity index (χ4n) is 2.69. The van der Waals surface area contributed by atoms with E-state index < -0.39 is 0 Å². The summed E-state index contributed by atoms with van der Waals surface area (Å²) in [7, 11) is 0. The highest BCUT2D eigenvalue weighted by molar-refractivity contribution is 7.09. The zero-order valence-electron chi connectivity index (χ0n) is 10.8. The number of nitrogen functional groups attached to an aromatic ring is 1. The van der Waals surface area contributed by atoms with Crippen LogP contribution in [0.2, 0.25) is 0 Å². The Labute approximate surface area is 117 Å². The Hall–Kier alpha value is -1.46. The number of aromatic nitrogens is 2. The molecule has 4 nitrogen and oxygen atoms in total. The second-order valence-corrected chi connectivity index (χ2v) is 5.93. The minimum absolute atomic E-state index is 0.374. The molecule has 0 amide bonds. The zero-order valence-corrected chi connectivity index (χ0v) is 11.6. The summed E-state index contributed by atoms with van der Waals surface area (Å²) in [6.45, 7) is 2.14. The minimum atomic E-state index is 0.374. The lowest BCUT2D eigenvalue weighted by molar-refractivity contribution is 0.138. The number of rotatable bonds is 3. The van der Waals surface area contributed by atoms with Crippen LogP contribution in [0.4, 0.5) is 5.95 Å². The highest BCUT2D eigenvalue weighted by Gasteiger charge is 2.25. The van der Waals surface area contributed by atoms with Crippen molar-refractivity contribution in [3.8, 4) is 0 Å². The van der Waals surface area contributed by atoms with E-state index in [9.17, 15) is 0 Å². The summed E-state index contributed by atoms with van der Waals surface area (Å²) in [6, 6.07) is 6.68. The van der Waals surface area contributed by atoms with Crippen LogP contribution < -0.4 is 5.73 Å². The average Bonchev–Trinajstić information content (AvgIpc) is 2.92. The van der Waals surface area contributed by atoms with Crippen LogP contribution in [0.1, 0.15) is 35.9 Å². The number of thiophene rings is 1. The lowest BCUT2D eigenvalue weighted by Crippen LogP contribution is -2.33. The topological polar surface area (TPSA) is 55.0 Å². The monoisotopic (exact) mass is 274 g/mol. The van der Waals surface area contributed by atoms with Gasteiger partial charge in [0, 0.05) is 17.6 Å². The van der Waals surface area contributed by atoms with Crippen LogP contribution in [0, 0.1) is 0 Å². The summed E-state index contributed by atoms with van der Waals surface area (Å²) in [4.78, 5) is 12.3. The van der Waals surface area contributed by atoms with E-state index in [0.717, 1.165) is 25.2 Å². The zero-order chi connectivity index (χ0) is 13.1. The van der Waals surface area contributed by atoms with Gasteiger partial charge in [0.05, 0.1) is 11.7 Å². The predicted octanol–water partition coefficient (Wildman–Crippen LogP) is 2.85. The summed E-state index contributed by atoms with van der Waals surface area (Å²) in [5, 5.41) is 2.14. The van der Waals surface area contributed by atoms with Gasteiger partial charge >= 0.3 is 0 Å². The number of nitrogens with two attached hydrogens (primary N) is 1. The number of anilines is 1. The highest BCUT2D eigenvalue weighted by Crippen LogP contribution is 2.31. The van der Waals surface area contributed by atoms with Crippen molar-refractivity contribution >= 4 is 17.3 Å². The lowest BCUT2D eigenvalue weighted by Gasteiger charge is -2.35. The van der Waals surface area contributed by atoms with E-state index in [1.807, 2.05) is 17.4 Å². The van der Waals surface area contributed by atoms with Gasteiger partial charge in [0.15, 0.2) is 0 Å². The molecule has 1 aliphatic heterocycles. The second-order valence-electron chi connectivity index (χ2n) is 4.90. The average molecular weight is 274 g/mol. The molecule has 0 aliphatic carbocycles. The Bertz CT molecular complexity index is 526. The van der Waals surface area contributed by atoms with Gasteiger partial charge in [0.2, 0.25) is 5.95 Å². The molecule has 2 N–H and O–H groups in total. The molecule has 0 radical (unpaired) electrons. The third-order valence-electron chi connectivity index (χ3n) is 3.59. The molecule has 0 saturated carbocycles. The van der Waals surface area contributed by atoms with Gasteiger partial charge in [0.25, 0.3) is 0 Å². The predicted molar refractivity (Wildman–Crippen MR) is 77.8 cm³/mol. The Morgan fingerprint density at radius 1 is 1.37 bits per heavy atom. The first-order chi connectivity index (χ1) is 9.33. The number of hydrogen-bond donors (Lipinski definition) is 1. The van der Waals surface area contributed by atoms with Gasteiger partial charge in [0.1, 0.15) is 0 Å². The summed E-state index contributed by atoms with van der Waals surface area (Å²) < 4.78 is 0. The molecule has 1 fully saturated rings. The molecule has 0 aromatic carbocycles. The van der Waals surface area contributed by atoms with Crippen molar-refractivity contribution in [3.05, 3.63) is 40.3 Å². The highest BCUT2D eigenvalue weighted by atomic mass is 32.1. The van der Waals surface area contributed by atoms with Crippen LogP contribution in [0.3, 0.4) is 0 Å². The molecule has 0 unspecified atom stereocenters. The SMILES string of the molecule is Nc1nccc([C@H]2CCCCN2Cc2cccs2)n1. The standard InChI is InChI=1S/C14H18N4S/c15-14-16-7-6-12(17-14)13-5-1-2-8-18(13)10-11-4-3-9-19-11/h3-4,6-7,9,13H,1-2,5,8,10H2,(H2,15,16,17)/t13-/m1/s1. The van der Waals surface area contributed by atoms with Crippen molar-refractivity contribution in [3.63, 3.8) is 0 Å². The fraction of sp³-hybridized carbons (Fsp3) is 0.429. The van der Waals surface area contributed by atoms with Crippen molar-refractivity contribution in [1.82, 2.24) is 14.9 Å². The largest absolute Gasteiger partial charge is 0.368 e. The molecule has 0 bridgehead atoms. The molecule has 100 valence electrons. The van der Waals surface area contributed by atoms with Crippen LogP contribution >= 0.6 is 11.3 Å². The van der Waals surface area contributed by atoms with Crippen molar-refractivity contribution in [1.29, 1.82) is 0 Å². The molecule has 5 heteroatoms. The van der Waals surface area contributed by atoms with E-state index in [-0.39, 0.29) is 0 Å². The van der Waals surface area contributed by atoms with E-state index in [1.54, 1.807) is 6.20 Å². The molecule has 1 saturated heterocycles. The number of hydrogen-bond acceptors (Lipinski definition) is 5. The number of piperidine rings is 1. The number of nitrogens with zero attached hydrogens (tertiary/aromatic N) is 3. The van der Waals surface area contributed by atoms with Crippen LogP contribution in [0.5, 0.6) is 0 Å². The van der Waals surface area contributed by atoms with E-state index in [1.165, 1.54) is 17.7 Å². The van der Waals surface area contributed by atoms with E-state index in [2.05, 4.69) is 32.4 Å². The molecule has 19 heavy (non-hydrogen) atoms. The summed E-state index contributed by atoms with van der Waals surface area (Å²) in [5.41, 5.74) is 6.77. The third kappa shape index (κ3) is 2.93. The van der Waals surface area contributed by atoms with Crippen LogP contribution in [-0.2, 0) is 6.54 Å². The maximum atomic E-state index is 5.71. The second kappa shape index (κ2) is 5.67. The van der Waals surface area contributed by atoms with Crippen molar-refractivity contribution < 1.29 is 0 Å². The van der Waals surface area contributed by atoms with Gasteiger partial charge in [-0.05, 0) is 36.9 Å². The fourth-order valence-corrected chi connectivity index (χ4v) is 3.42. The van der Waals surface area contributed by atoms with Crippen LogP contribution in [0.15, 0.2) is 29.8 Å². The smallest absolute Gasteiger partial charge is 0.220 e. The van der Waals surface area contributed by atoms with Crippen LogP contribution in [-0.4, -0.2) is 21.4 Å². The first-order valence-corrected chi connectivity index (χ1v) is 7.56. The molecule has 2 aromatic rings. The quantitative estimate of drug-likeness (QED) is 0.935. The van der Waals surface area contributed by atoms with Gasteiger partial charge in [-0.1, -0.05) is 12.5 Å². The Kier molecular flexibility index (Phi) is 3.75. The van der Waals surface area contributed by atoms with Gasteiger partial charge in [-0.15, -0.1) is 11.3 Å². The molecule has 3 heterocycles. The van der Waals surface area contributed by atoms with E-state index >= 15 is 0 Å². The van der Waals surface area contributed by atoms with Crippen molar-refractivity contribution in [2.75, 3.05) is 12.3 Å². The van der Waals surface area contributed by atoms with Gasteiger partial charge in [-0.25, -0.2) is 9.97 Å². The molecular weight excluding hydrogens is 256 g/mol. The molecular formula is C14H18N4S. The van der Waals surface area contributed by atoms with Crippen LogP contribution in [0.25, 0.3) is 0 Å².